The van der Waals surface area contributed by atoms with Gasteiger partial charge in [-0.1, -0.05) is 17.7 Å². The molecular formula is C32H40ClN5O4. The van der Waals surface area contributed by atoms with Crippen molar-refractivity contribution in [1.82, 2.24) is 20.2 Å². The molecule has 0 unspecified atom stereocenters. The number of carbonyl (C=O) groups is 2. The Hall–Kier alpha value is -3.69. The molecule has 1 atom stereocenters. The third kappa shape index (κ3) is 8.66. The topological polar surface area (TPSA) is 96.9 Å². The predicted octanol–water partition coefficient (Wildman–Crippen LogP) is 4.98. The highest BCUT2D eigenvalue weighted by Crippen LogP contribution is 2.28. The number of anilines is 1. The Kier molecular flexibility index (Phi) is 11.1. The number of halogens is 1. The molecule has 3 aromatic rings. The lowest BCUT2D eigenvalue weighted by atomic mass is 10.0. The van der Waals surface area contributed by atoms with E-state index in [-0.39, 0.29) is 18.6 Å². The molecule has 9 nitrogen and oxygen atoms in total. The van der Waals surface area contributed by atoms with E-state index in [1.165, 1.54) is 7.11 Å². The molecule has 0 saturated carbocycles. The number of aromatic nitrogens is 2. The van der Waals surface area contributed by atoms with E-state index in [2.05, 4.69) is 35.9 Å². The first-order chi connectivity index (χ1) is 20.2. The van der Waals surface area contributed by atoms with E-state index in [4.69, 9.17) is 16.3 Å². The van der Waals surface area contributed by atoms with Crippen LogP contribution in [0.4, 0.5) is 5.69 Å². The van der Waals surface area contributed by atoms with Gasteiger partial charge in [0.15, 0.2) is 6.61 Å². The zero-order chi connectivity index (χ0) is 30.1. The van der Waals surface area contributed by atoms with Gasteiger partial charge < -0.3 is 24.6 Å². The molecule has 42 heavy (non-hydrogen) atoms. The highest BCUT2D eigenvalue weighted by atomic mass is 35.5. The van der Waals surface area contributed by atoms with Crippen molar-refractivity contribution in [3.63, 3.8) is 0 Å². The standard InChI is InChI=1S/C32H40ClN5O4/c1-22-18-29(33)36-24(3)31(22)32(40)35-23(2)11-15-37-16-12-27(13-17-37)38(20-25-6-5-14-34-19-25)26-7-9-28(10-8-26)42-21-30(39)41-4/h5-10,14,18-19,23,27H,11-13,15-17,20-21H2,1-4H3,(H,35,40)/t23-/m1/s1. The van der Waals surface area contributed by atoms with Crippen LogP contribution in [0.1, 0.15) is 53.4 Å². The quantitative estimate of drug-likeness (QED) is 0.232. The molecule has 2 aromatic heterocycles. The van der Waals surface area contributed by atoms with Crippen LogP contribution >= 0.6 is 11.6 Å². The Labute approximate surface area is 253 Å². The molecule has 1 N–H and O–H groups in total. The van der Waals surface area contributed by atoms with Crippen molar-refractivity contribution in [1.29, 1.82) is 0 Å². The molecule has 1 saturated heterocycles. The van der Waals surface area contributed by atoms with Crippen molar-refractivity contribution in [2.45, 2.75) is 58.7 Å². The Morgan fingerprint density at radius 1 is 1.17 bits per heavy atom. The molecule has 10 heteroatoms. The van der Waals surface area contributed by atoms with E-state index in [9.17, 15) is 9.59 Å². The minimum absolute atomic E-state index is 0.0340. The first-order valence-electron chi connectivity index (χ1n) is 14.4. The van der Waals surface area contributed by atoms with Crippen LogP contribution in [0.25, 0.3) is 0 Å². The van der Waals surface area contributed by atoms with Gasteiger partial charge in [-0.05, 0) is 87.6 Å². The fourth-order valence-electron chi connectivity index (χ4n) is 5.38. The number of benzene rings is 1. The van der Waals surface area contributed by atoms with Crippen LogP contribution in [0.2, 0.25) is 5.15 Å². The van der Waals surface area contributed by atoms with Crippen LogP contribution in [0.15, 0.2) is 54.9 Å². The molecule has 0 radical (unpaired) electrons. The molecule has 0 aliphatic carbocycles. The van der Waals surface area contributed by atoms with Crippen molar-refractivity contribution in [2.24, 2.45) is 0 Å². The number of rotatable bonds is 12. The number of hydrogen-bond donors (Lipinski definition) is 1. The molecule has 0 spiro atoms. The second-order valence-electron chi connectivity index (χ2n) is 10.8. The lowest BCUT2D eigenvalue weighted by Crippen LogP contribution is -2.46. The predicted molar refractivity (Wildman–Crippen MR) is 164 cm³/mol. The van der Waals surface area contributed by atoms with E-state index in [1.54, 1.807) is 12.3 Å². The number of esters is 1. The third-order valence-electron chi connectivity index (χ3n) is 7.68. The molecular weight excluding hydrogens is 554 g/mol. The van der Waals surface area contributed by atoms with E-state index in [0.29, 0.717) is 28.2 Å². The van der Waals surface area contributed by atoms with Crippen LogP contribution in [-0.2, 0) is 16.1 Å². The maximum Gasteiger partial charge on any atom is 0.343 e. The van der Waals surface area contributed by atoms with Crippen molar-refractivity contribution in [2.75, 3.05) is 38.3 Å². The third-order valence-corrected chi connectivity index (χ3v) is 7.87. The van der Waals surface area contributed by atoms with Crippen LogP contribution in [-0.4, -0.2) is 72.2 Å². The Balaban J connectivity index is 1.32. The summed E-state index contributed by atoms with van der Waals surface area (Å²) in [7, 11) is 1.34. The summed E-state index contributed by atoms with van der Waals surface area (Å²) in [6, 6.07) is 14.1. The van der Waals surface area contributed by atoms with Crippen LogP contribution in [0, 0.1) is 13.8 Å². The summed E-state index contributed by atoms with van der Waals surface area (Å²) in [6.45, 7) is 9.26. The van der Waals surface area contributed by atoms with Crippen molar-refractivity contribution >= 4 is 29.2 Å². The first-order valence-corrected chi connectivity index (χ1v) is 14.7. The maximum absolute atomic E-state index is 12.9. The molecule has 3 heterocycles. The van der Waals surface area contributed by atoms with Gasteiger partial charge in [-0.2, -0.15) is 0 Å². The van der Waals surface area contributed by atoms with E-state index >= 15 is 0 Å². The van der Waals surface area contributed by atoms with Crippen LogP contribution < -0.4 is 15.0 Å². The normalized spacial score (nSPS) is 14.7. The number of aryl methyl sites for hydroxylation is 2. The lowest BCUT2D eigenvalue weighted by molar-refractivity contribution is -0.142. The van der Waals surface area contributed by atoms with Crippen molar-refractivity contribution < 1.29 is 19.1 Å². The SMILES string of the molecule is COC(=O)COc1ccc(N(Cc2cccnc2)C2CCN(CC[C@@H](C)NC(=O)c3c(C)cc(Cl)nc3C)CC2)cc1. The number of methoxy groups -OCH3 is 1. The van der Waals surface area contributed by atoms with Gasteiger partial charge in [0, 0.05) is 56.3 Å². The van der Waals surface area contributed by atoms with Gasteiger partial charge in [-0.3, -0.25) is 9.78 Å². The Morgan fingerprint density at radius 2 is 1.90 bits per heavy atom. The molecule has 1 fully saturated rings. The van der Waals surface area contributed by atoms with Gasteiger partial charge in [0.05, 0.1) is 18.4 Å². The minimum Gasteiger partial charge on any atom is -0.482 e. The van der Waals surface area contributed by atoms with Gasteiger partial charge in [0.25, 0.3) is 5.91 Å². The van der Waals surface area contributed by atoms with Crippen LogP contribution in [0.3, 0.4) is 0 Å². The fraction of sp³-hybridized carbons (Fsp3) is 0.438. The number of amides is 1. The molecule has 1 aliphatic heterocycles. The minimum atomic E-state index is -0.412. The summed E-state index contributed by atoms with van der Waals surface area (Å²) in [5.41, 5.74) is 4.33. The Morgan fingerprint density at radius 3 is 2.55 bits per heavy atom. The number of carbonyl (C=O) groups excluding carboxylic acids is 2. The average Bonchev–Trinajstić information content (AvgIpc) is 2.98. The summed E-state index contributed by atoms with van der Waals surface area (Å²) in [4.78, 5) is 37.8. The van der Waals surface area contributed by atoms with E-state index in [0.717, 1.165) is 62.3 Å². The summed E-state index contributed by atoms with van der Waals surface area (Å²) >= 11 is 6.03. The molecule has 224 valence electrons. The largest absolute Gasteiger partial charge is 0.482 e. The number of hydrogen-bond acceptors (Lipinski definition) is 8. The van der Waals surface area contributed by atoms with Gasteiger partial charge in [0.1, 0.15) is 10.9 Å². The molecule has 1 aromatic carbocycles. The molecule has 1 aliphatic rings. The summed E-state index contributed by atoms with van der Waals surface area (Å²) in [5.74, 6) is 0.108. The molecule has 1 amide bonds. The van der Waals surface area contributed by atoms with Gasteiger partial charge in [-0.25, -0.2) is 9.78 Å². The average molecular weight is 594 g/mol. The van der Waals surface area contributed by atoms with E-state index in [1.807, 2.05) is 57.3 Å². The highest BCUT2D eigenvalue weighted by molar-refractivity contribution is 6.29. The zero-order valence-corrected chi connectivity index (χ0v) is 25.6. The number of piperidine rings is 1. The van der Waals surface area contributed by atoms with Crippen molar-refractivity contribution in [3.05, 3.63) is 82.4 Å². The Bertz CT molecular complexity index is 1310. The summed E-state index contributed by atoms with van der Waals surface area (Å²) < 4.78 is 10.2. The number of likely N-dealkylation sites (tertiary alicyclic amines) is 1. The second-order valence-corrected chi connectivity index (χ2v) is 11.2. The lowest BCUT2D eigenvalue weighted by Gasteiger charge is -2.40. The van der Waals surface area contributed by atoms with E-state index < -0.39 is 5.97 Å². The first kappa shape index (κ1) is 31.3. The molecule has 0 bridgehead atoms. The van der Waals surface area contributed by atoms with Crippen molar-refractivity contribution in [3.8, 4) is 5.75 Å². The number of pyridine rings is 2. The second kappa shape index (κ2) is 15.0. The summed E-state index contributed by atoms with van der Waals surface area (Å²) in [6.07, 6.45) is 6.61. The smallest absolute Gasteiger partial charge is 0.343 e. The van der Waals surface area contributed by atoms with Gasteiger partial charge in [0.2, 0.25) is 0 Å². The van der Waals surface area contributed by atoms with Gasteiger partial charge >= 0.3 is 5.97 Å². The number of nitrogens with zero attached hydrogens (tertiary/aromatic N) is 4. The highest BCUT2D eigenvalue weighted by Gasteiger charge is 2.26. The monoisotopic (exact) mass is 593 g/mol. The maximum atomic E-state index is 12.9. The number of nitrogens with one attached hydrogen (secondary N) is 1. The fourth-order valence-corrected chi connectivity index (χ4v) is 5.67. The van der Waals surface area contributed by atoms with Gasteiger partial charge in [-0.15, -0.1) is 0 Å². The number of ether oxygens (including phenoxy) is 2. The molecule has 4 rings (SSSR count). The zero-order valence-electron chi connectivity index (χ0n) is 24.8. The summed E-state index contributed by atoms with van der Waals surface area (Å²) in [5, 5.41) is 3.54. The van der Waals surface area contributed by atoms with Crippen LogP contribution in [0.5, 0.6) is 5.75 Å².